The maximum absolute atomic E-state index is 12.7. The van der Waals surface area contributed by atoms with E-state index in [0.717, 1.165) is 68.5 Å². The molecule has 7 heteroatoms. The van der Waals surface area contributed by atoms with Crippen LogP contribution in [0.15, 0.2) is 27.4 Å². The van der Waals surface area contributed by atoms with Gasteiger partial charge in [0.25, 0.3) is 0 Å². The molecule has 1 amide bonds. The molecule has 6 nitrogen and oxygen atoms in total. The zero-order chi connectivity index (χ0) is 22.0. The summed E-state index contributed by atoms with van der Waals surface area (Å²) in [6, 6.07) is 5.74. The highest BCUT2D eigenvalue weighted by Crippen LogP contribution is 2.27. The molecule has 31 heavy (non-hydrogen) atoms. The van der Waals surface area contributed by atoms with Crippen LogP contribution in [0.4, 0.5) is 0 Å². The molecule has 2 fully saturated rings. The summed E-state index contributed by atoms with van der Waals surface area (Å²) in [5, 5.41) is 1.61. The standard InChI is InChI=1S/C24H32ClN3O3/c1-3-18-12-22-20(14-21(18)25)19(13-24(30)31-22)15-26-8-10-27(11-9-26)16-23(29)28-7-5-4-6-17(28)2/h12-14,17H,3-11,15-16H2,1-2H3. The lowest BCUT2D eigenvalue weighted by Crippen LogP contribution is -2.51. The average Bonchev–Trinajstić information content (AvgIpc) is 2.75. The van der Waals surface area contributed by atoms with Crippen LogP contribution < -0.4 is 5.63 Å². The van der Waals surface area contributed by atoms with Crippen molar-refractivity contribution in [2.45, 2.75) is 52.1 Å². The maximum Gasteiger partial charge on any atom is 0.336 e. The molecular formula is C24H32ClN3O3. The van der Waals surface area contributed by atoms with Crippen molar-refractivity contribution in [1.29, 1.82) is 0 Å². The van der Waals surface area contributed by atoms with E-state index in [9.17, 15) is 9.59 Å². The number of likely N-dealkylation sites (tertiary alicyclic amines) is 1. The van der Waals surface area contributed by atoms with E-state index in [0.29, 0.717) is 29.7 Å². The van der Waals surface area contributed by atoms with Gasteiger partial charge >= 0.3 is 5.63 Å². The van der Waals surface area contributed by atoms with E-state index in [1.54, 1.807) is 6.07 Å². The van der Waals surface area contributed by atoms with Gasteiger partial charge in [0.15, 0.2) is 0 Å². The van der Waals surface area contributed by atoms with Crippen molar-refractivity contribution in [2.75, 3.05) is 39.3 Å². The van der Waals surface area contributed by atoms with E-state index in [2.05, 4.69) is 21.6 Å². The van der Waals surface area contributed by atoms with Gasteiger partial charge in [0.05, 0.1) is 6.54 Å². The predicted molar refractivity (Wildman–Crippen MR) is 124 cm³/mol. The van der Waals surface area contributed by atoms with Crippen LogP contribution in [0.3, 0.4) is 0 Å². The number of amides is 1. The molecule has 1 aromatic heterocycles. The SMILES string of the molecule is CCc1cc2oc(=O)cc(CN3CCN(CC(=O)N4CCCCC4C)CC3)c2cc1Cl. The number of rotatable bonds is 5. The van der Waals surface area contributed by atoms with Gasteiger partial charge in [-0.15, -0.1) is 0 Å². The summed E-state index contributed by atoms with van der Waals surface area (Å²) >= 11 is 6.42. The Morgan fingerprint density at radius 1 is 1.06 bits per heavy atom. The number of carbonyl (C=O) groups excluding carboxylic acids is 1. The smallest absolute Gasteiger partial charge is 0.336 e. The van der Waals surface area contributed by atoms with E-state index in [-0.39, 0.29) is 11.5 Å². The minimum Gasteiger partial charge on any atom is -0.423 e. The molecule has 0 radical (unpaired) electrons. The molecule has 0 bridgehead atoms. The third-order valence-electron chi connectivity index (χ3n) is 6.72. The van der Waals surface area contributed by atoms with Gasteiger partial charge in [0.2, 0.25) is 5.91 Å². The van der Waals surface area contributed by atoms with Crippen molar-refractivity contribution in [3.8, 4) is 0 Å². The molecule has 2 aliphatic rings. The number of halogens is 1. The van der Waals surface area contributed by atoms with Crippen LogP contribution in [0.5, 0.6) is 0 Å². The Morgan fingerprint density at radius 2 is 1.81 bits per heavy atom. The van der Waals surface area contributed by atoms with Crippen molar-refractivity contribution < 1.29 is 9.21 Å². The number of piperazine rings is 1. The highest BCUT2D eigenvalue weighted by Gasteiger charge is 2.26. The Morgan fingerprint density at radius 3 is 2.52 bits per heavy atom. The number of hydrogen-bond acceptors (Lipinski definition) is 5. The number of nitrogens with zero attached hydrogens (tertiary/aromatic N) is 3. The lowest BCUT2D eigenvalue weighted by molar-refractivity contribution is -0.136. The first-order chi connectivity index (χ1) is 14.9. The van der Waals surface area contributed by atoms with Crippen molar-refractivity contribution in [3.05, 3.63) is 44.8 Å². The minimum absolute atomic E-state index is 0.258. The van der Waals surface area contributed by atoms with Crippen molar-refractivity contribution in [3.63, 3.8) is 0 Å². The molecule has 2 aliphatic heterocycles. The third-order valence-corrected chi connectivity index (χ3v) is 7.07. The lowest BCUT2D eigenvalue weighted by Gasteiger charge is -2.38. The normalized spacial score (nSPS) is 21.0. The second-order valence-corrected chi connectivity index (χ2v) is 9.28. The molecule has 168 valence electrons. The van der Waals surface area contributed by atoms with Gasteiger partial charge in [-0.1, -0.05) is 18.5 Å². The highest BCUT2D eigenvalue weighted by atomic mass is 35.5. The zero-order valence-electron chi connectivity index (χ0n) is 18.5. The van der Waals surface area contributed by atoms with Gasteiger partial charge in [0, 0.05) is 61.8 Å². The van der Waals surface area contributed by atoms with Gasteiger partial charge < -0.3 is 9.32 Å². The fourth-order valence-corrected chi connectivity index (χ4v) is 5.08. The minimum atomic E-state index is -0.327. The molecule has 4 rings (SSSR count). The number of hydrogen-bond donors (Lipinski definition) is 0. The summed E-state index contributed by atoms with van der Waals surface area (Å²) < 4.78 is 5.43. The average molecular weight is 446 g/mol. The van der Waals surface area contributed by atoms with Crippen LogP contribution in [0.1, 0.15) is 44.2 Å². The Kier molecular flexibility index (Phi) is 6.99. The van der Waals surface area contributed by atoms with E-state index in [1.165, 1.54) is 6.42 Å². The molecular weight excluding hydrogens is 414 g/mol. The number of carbonyl (C=O) groups is 1. The lowest BCUT2D eigenvalue weighted by atomic mass is 10.0. The fraction of sp³-hybridized carbons (Fsp3) is 0.583. The highest BCUT2D eigenvalue weighted by molar-refractivity contribution is 6.32. The summed E-state index contributed by atoms with van der Waals surface area (Å²) in [5.41, 5.74) is 2.20. The van der Waals surface area contributed by atoms with Gasteiger partial charge in [-0.25, -0.2) is 4.79 Å². The van der Waals surface area contributed by atoms with Gasteiger partial charge in [-0.3, -0.25) is 14.6 Å². The van der Waals surface area contributed by atoms with Crippen molar-refractivity contribution >= 4 is 28.5 Å². The molecule has 0 N–H and O–H groups in total. The quantitative estimate of drug-likeness (QED) is 0.659. The van der Waals surface area contributed by atoms with Crippen LogP contribution in [0, 0.1) is 0 Å². The van der Waals surface area contributed by atoms with Crippen LogP contribution in [0.25, 0.3) is 11.0 Å². The summed E-state index contributed by atoms with van der Waals surface area (Å²) in [4.78, 5) is 31.5. The van der Waals surface area contributed by atoms with E-state index < -0.39 is 0 Å². The molecule has 0 aliphatic carbocycles. The number of fused-ring (bicyclic) bond motifs is 1. The summed E-state index contributed by atoms with van der Waals surface area (Å²) in [6.07, 6.45) is 4.25. The maximum atomic E-state index is 12.7. The fourth-order valence-electron chi connectivity index (χ4n) is 4.79. The van der Waals surface area contributed by atoms with Crippen LogP contribution in [-0.2, 0) is 17.8 Å². The predicted octanol–water partition coefficient (Wildman–Crippen LogP) is 3.53. The first-order valence-electron chi connectivity index (χ1n) is 11.4. The molecule has 2 saturated heterocycles. The Hall–Kier alpha value is -1.89. The molecule has 1 atom stereocenters. The topological polar surface area (TPSA) is 57.0 Å². The zero-order valence-corrected chi connectivity index (χ0v) is 19.3. The number of benzene rings is 1. The monoisotopic (exact) mass is 445 g/mol. The first kappa shape index (κ1) is 22.3. The van der Waals surface area contributed by atoms with Gasteiger partial charge in [-0.2, -0.15) is 0 Å². The number of piperidine rings is 1. The van der Waals surface area contributed by atoms with E-state index in [1.807, 2.05) is 19.1 Å². The molecule has 3 heterocycles. The summed E-state index contributed by atoms with van der Waals surface area (Å²) in [5.74, 6) is 0.258. The van der Waals surface area contributed by atoms with Crippen LogP contribution >= 0.6 is 11.6 Å². The van der Waals surface area contributed by atoms with Crippen LogP contribution in [0.2, 0.25) is 5.02 Å². The molecule has 0 saturated carbocycles. The second kappa shape index (κ2) is 9.72. The molecule has 1 unspecified atom stereocenters. The van der Waals surface area contributed by atoms with Crippen LogP contribution in [-0.4, -0.2) is 65.9 Å². The number of aryl methyl sites for hydroxylation is 1. The first-order valence-corrected chi connectivity index (χ1v) is 11.8. The van der Waals surface area contributed by atoms with Gasteiger partial charge in [0.1, 0.15) is 5.58 Å². The Balaban J connectivity index is 1.39. The molecule has 1 aromatic carbocycles. The van der Waals surface area contributed by atoms with Crippen molar-refractivity contribution in [2.24, 2.45) is 0 Å². The third kappa shape index (κ3) is 5.13. The molecule has 0 spiro atoms. The van der Waals surface area contributed by atoms with E-state index in [4.69, 9.17) is 16.0 Å². The summed E-state index contributed by atoms with van der Waals surface area (Å²) in [6.45, 7) is 9.71. The second-order valence-electron chi connectivity index (χ2n) is 8.87. The van der Waals surface area contributed by atoms with Gasteiger partial charge in [-0.05, 0) is 55.9 Å². The summed E-state index contributed by atoms with van der Waals surface area (Å²) in [7, 11) is 0. The molecule has 2 aromatic rings. The Bertz CT molecular complexity index is 997. The Labute approximate surface area is 188 Å². The largest absolute Gasteiger partial charge is 0.423 e. The van der Waals surface area contributed by atoms with E-state index >= 15 is 0 Å². The van der Waals surface area contributed by atoms with Crippen molar-refractivity contribution in [1.82, 2.24) is 14.7 Å².